The highest BCUT2D eigenvalue weighted by atomic mass is 32.2. The van der Waals surface area contributed by atoms with Crippen molar-refractivity contribution in [1.82, 2.24) is 9.97 Å². The van der Waals surface area contributed by atoms with E-state index in [0.29, 0.717) is 29.4 Å². The number of carboxylic acid groups (broad SMARTS) is 1. The third kappa shape index (κ3) is 3.10. The van der Waals surface area contributed by atoms with Crippen molar-refractivity contribution in [3.8, 4) is 6.07 Å². The van der Waals surface area contributed by atoms with Crippen LogP contribution >= 0.6 is 11.8 Å². The van der Waals surface area contributed by atoms with Gasteiger partial charge in [0.1, 0.15) is 16.4 Å². The normalized spacial score (nSPS) is 15.7. The molecule has 1 saturated carbocycles. The summed E-state index contributed by atoms with van der Waals surface area (Å²) in [5.74, 6) is 0.429. The highest BCUT2D eigenvalue weighted by molar-refractivity contribution is 7.99. The number of hydrogen-bond donors (Lipinski definition) is 1. The Bertz CT molecular complexity index is 577. The van der Waals surface area contributed by atoms with Gasteiger partial charge in [0.25, 0.3) is 0 Å². The SMILES string of the molecule is CCc1nc(C)c(C(=O)O)c(SCC2(CC#N)CC2)n1. The van der Waals surface area contributed by atoms with Crippen LogP contribution in [-0.2, 0) is 6.42 Å². The maximum atomic E-state index is 11.4. The van der Waals surface area contributed by atoms with Crippen molar-refractivity contribution < 1.29 is 9.90 Å². The van der Waals surface area contributed by atoms with Gasteiger partial charge in [-0.2, -0.15) is 5.26 Å². The molecule has 1 N–H and O–H groups in total. The van der Waals surface area contributed by atoms with Crippen LogP contribution in [0.5, 0.6) is 0 Å². The summed E-state index contributed by atoms with van der Waals surface area (Å²) in [7, 11) is 0. The number of aromatic nitrogens is 2. The molecule has 0 radical (unpaired) electrons. The number of nitriles is 1. The molecule has 20 heavy (non-hydrogen) atoms. The van der Waals surface area contributed by atoms with Crippen LogP contribution in [0.25, 0.3) is 0 Å². The van der Waals surface area contributed by atoms with E-state index in [1.54, 1.807) is 6.92 Å². The summed E-state index contributed by atoms with van der Waals surface area (Å²) in [4.78, 5) is 19.9. The fourth-order valence-corrected chi connectivity index (χ4v) is 3.43. The number of aromatic carboxylic acids is 1. The zero-order valence-electron chi connectivity index (χ0n) is 11.6. The highest BCUT2D eigenvalue weighted by Crippen LogP contribution is 2.51. The van der Waals surface area contributed by atoms with Gasteiger partial charge in [-0.1, -0.05) is 6.92 Å². The molecule has 1 aliphatic carbocycles. The van der Waals surface area contributed by atoms with Crippen molar-refractivity contribution in [2.75, 3.05) is 5.75 Å². The van der Waals surface area contributed by atoms with Gasteiger partial charge in [0.15, 0.2) is 0 Å². The molecule has 1 aromatic heterocycles. The molecule has 106 valence electrons. The van der Waals surface area contributed by atoms with Gasteiger partial charge in [0.05, 0.1) is 11.8 Å². The maximum Gasteiger partial charge on any atom is 0.340 e. The number of nitrogens with zero attached hydrogens (tertiary/aromatic N) is 3. The number of carbonyl (C=O) groups is 1. The Morgan fingerprint density at radius 3 is 2.70 bits per heavy atom. The van der Waals surface area contributed by atoms with Gasteiger partial charge in [-0.05, 0) is 25.2 Å². The van der Waals surface area contributed by atoms with Crippen LogP contribution in [0.15, 0.2) is 5.03 Å². The fourth-order valence-electron chi connectivity index (χ4n) is 2.05. The predicted molar refractivity (Wildman–Crippen MR) is 75.7 cm³/mol. The van der Waals surface area contributed by atoms with Crippen molar-refractivity contribution >= 4 is 17.7 Å². The minimum Gasteiger partial charge on any atom is -0.478 e. The molecule has 0 aliphatic heterocycles. The summed E-state index contributed by atoms with van der Waals surface area (Å²) in [5.41, 5.74) is 0.775. The average Bonchev–Trinajstić information content (AvgIpc) is 3.16. The Kier molecular flexibility index (Phi) is 4.29. The van der Waals surface area contributed by atoms with Crippen LogP contribution in [0.1, 0.15) is 48.1 Å². The molecule has 2 rings (SSSR count). The Hall–Kier alpha value is -1.61. The van der Waals surface area contributed by atoms with Crippen LogP contribution in [-0.4, -0.2) is 26.8 Å². The Labute approximate surface area is 122 Å². The highest BCUT2D eigenvalue weighted by Gasteiger charge is 2.42. The summed E-state index contributed by atoms with van der Waals surface area (Å²) >= 11 is 1.45. The number of thioether (sulfide) groups is 1. The van der Waals surface area contributed by atoms with Gasteiger partial charge >= 0.3 is 5.97 Å². The molecule has 1 aromatic rings. The second-order valence-corrected chi connectivity index (χ2v) is 6.15. The molecular weight excluding hydrogens is 274 g/mol. The smallest absolute Gasteiger partial charge is 0.340 e. The number of carboxylic acids is 1. The first-order chi connectivity index (χ1) is 9.51. The lowest BCUT2D eigenvalue weighted by Gasteiger charge is -2.13. The standard InChI is InChI=1S/C14H17N3O2S/c1-3-10-16-9(2)11(13(18)19)12(17-10)20-8-14(4-5-14)6-7-15/h3-6,8H2,1-2H3,(H,18,19). The molecule has 1 aliphatic rings. The van der Waals surface area contributed by atoms with E-state index in [-0.39, 0.29) is 11.0 Å². The van der Waals surface area contributed by atoms with E-state index in [4.69, 9.17) is 5.26 Å². The molecule has 1 heterocycles. The largest absolute Gasteiger partial charge is 0.478 e. The van der Waals surface area contributed by atoms with Gasteiger partial charge in [-0.25, -0.2) is 14.8 Å². The average molecular weight is 291 g/mol. The van der Waals surface area contributed by atoms with Crippen molar-refractivity contribution in [3.05, 3.63) is 17.1 Å². The Morgan fingerprint density at radius 1 is 1.50 bits per heavy atom. The van der Waals surface area contributed by atoms with E-state index < -0.39 is 5.97 Å². The second-order valence-electron chi connectivity index (χ2n) is 5.19. The van der Waals surface area contributed by atoms with Gasteiger partial charge in [0.2, 0.25) is 0 Å². The molecule has 5 nitrogen and oxygen atoms in total. The first-order valence-corrected chi connectivity index (χ1v) is 7.60. The molecular formula is C14H17N3O2S. The van der Waals surface area contributed by atoms with Crippen molar-refractivity contribution in [2.24, 2.45) is 5.41 Å². The topological polar surface area (TPSA) is 86.9 Å². The third-order valence-electron chi connectivity index (χ3n) is 3.56. The molecule has 0 bridgehead atoms. The Balaban J connectivity index is 2.23. The lowest BCUT2D eigenvalue weighted by molar-refractivity contribution is 0.0690. The minimum atomic E-state index is -0.988. The van der Waals surface area contributed by atoms with E-state index in [1.807, 2.05) is 6.92 Å². The molecule has 0 atom stereocenters. The molecule has 0 unspecified atom stereocenters. The number of hydrogen-bond acceptors (Lipinski definition) is 5. The van der Waals surface area contributed by atoms with Gasteiger partial charge in [-0.15, -0.1) is 11.8 Å². The van der Waals surface area contributed by atoms with E-state index in [2.05, 4.69) is 16.0 Å². The summed E-state index contributed by atoms with van der Waals surface area (Å²) in [6.07, 6.45) is 3.30. The monoisotopic (exact) mass is 291 g/mol. The molecule has 0 aromatic carbocycles. The first-order valence-electron chi connectivity index (χ1n) is 6.62. The quantitative estimate of drug-likeness (QED) is 0.640. The number of aryl methyl sites for hydroxylation is 2. The lowest BCUT2D eigenvalue weighted by atomic mass is 10.1. The molecule has 0 amide bonds. The van der Waals surface area contributed by atoms with E-state index in [0.717, 1.165) is 18.6 Å². The summed E-state index contributed by atoms with van der Waals surface area (Å²) in [5, 5.41) is 18.7. The van der Waals surface area contributed by atoms with Crippen LogP contribution in [0, 0.1) is 23.7 Å². The van der Waals surface area contributed by atoms with E-state index >= 15 is 0 Å². The first kappa shape index (κ1) is 14.8. The molecule has 1 fully saturated rings. The van der Waals surface area contributed by atoms with Crippen molar-refractivity contribution in [3.63, 3.8) is 0 Å². The summed E-state index contributed by atoms with van der Waals surface area (Å²) in [6, 6.07) is 2.22. The third-order valence-corrected chi connectivity index (χ3v) is 4.88. The van der Waals surface area contributed by atoms with Crippen molar-refractivity contribution in [1.29, 1.82) is 5.26 Å². The van der Waals surface area contributed by atoms with Crippen LogP contribution in [0.4, 0.5) is 0 Å². The predicted octanol–water partition coefficient (Wildman–Crippen LogP) is 2.83. The number of rotatable bonds is 6. The zero-order chi connectivity index (χ0) is 14.8. The summed E-state index contributed by atoms with van der Waals surface area (Å²) in [6.45, 7) is 3.65. The molecule has 0 spiro atoms. The van der Waals surface area contributed by atoms with Crippen LogP contribution in [0.3, 0.4) is 0 Å². The maximum absolute atomic E-state index is 11.4. The minimum absolute atomic E-state index is 0.0699. The Morgan fingerprint density at radius 2 is 2.20 bits per heavy atom. The van der Waals surface area contributed by atoms with Gasteiger partial charge in [-0.3, -0.25) is 0 Å². The van der Waals surface area contributed by atoms with Gasteiger partial charge < -0.3 is 5.11 Å². The van der Waals surface area contributed by atoms with E-state index in [1.165, 1.54) is 11.8 Å². The van der Waals surface area contributed by atoms with Crippen LogP contribution in [0.2, 0.25) is 0 Å². The molecule has 6 heteroatoms. The lowest BCUT2D eigenvalue weighted by Crippen LogP contribution is -2.11. The zero-order valence-corrected chi connectivity index (χ0v) is 12.5. The second kappa shape index (κ2) is 5.80. The van der Waals surface area contributed by atoms with E-state index in [9.17, 15) is 9.90 Å². The molecule has 0 saturated heterocycles. The van der Waals surface area contributed by atoms with Crippen LogP contribution < -0.4 is 0 Å². The van der Waals surface area contributed by atoms with Crippen molar-refractivity contribution in [2.45, 2.75) is 44.6 Å². The summed E-state index contributed by atoms with van der Waals surface area (Å²) < 4.78 is 0. The van der Waals surface area contributed by atoms with Gasteiger partial charge in [0, 0.05) is 18.6 Å². The fraction of sp³-hybridized carbons (Fsp3) is 0.571.